The Morgan fingerprint density at radius 3 is 2.76 bits per heavy atom. The van der Waals surface area contributed by atoms with Crippen LogP contribution in [-0.2, 0) is 11.2 Å². The van der Waals surface area contributed by atoms with Gasteiger partial charge in [0.2, 0.25) is 5.91 Å². The fourth-order valence-corrected chi connectivity index (χ4v) is 4.11. The van der Waals surface area contributed by atoms with Gasteiger partial charge in [0.25, 0.3) is 0 Å². The Morgan fingerprint density at radius 2 is 1.93 bits per heavy atom. The van der Waals surface area contributed by atoms with E-state index in [9.17, 15) is 4.79 Å². The zero-order valence-electron chi connectivity index (χ0n) is 17.2. The lowest BCUT2D eigenvalue weighted by molar-refractivity contribution is -0.122. The number of hydrogen-bond acceptors (Lipinski definition) is 3. The summed E-state index contributed by atoms with van der Waals surface area (Å²) in [6.07, 6.45) is 1.90. The molecule has 4 nitrogen and oxygen atoms in total. The molecule has 1 atom stereocenters. The minimum absolute atomic E-state index is 0.0578. The third-order valence-corrected chi connectivity index (χ3v) is 5.51. The Hall–Kier alpha value is -3.01. The lowest BCUT2D eigenvalue weighted by Crippen LogP contribution is -2.41. The Kier molecular flexibility index (Phi) is 5.18. The molecule has 1 aliphatic heterocycles. The molecule has 4 rings (SSSR count). The Morgan fingerprint density at radius 1 is 1.14 bits per heavy atom. The number of methoxy groups -OCH3 is 1. The molecule has 0 fully saturated rings. The maximum Gasteiger partial charge on any atom is 0.220 e. The van der Waals surface area contributed by atoms with E-state index in [1.54, 1.807) is 7.11 Å². The van der Waals surface area contributed by atoms with Gasteiger partial charge in [0, 0.05) is 24.5 Å². The fourth-order valence-electron chi connectivity index (χ4n) is 4.11. The van der Waals surface area contributed by atoms with Crippen molar-refractivity contribution in [3.63, 3.8) is 0 Å². The van der Waals surface area contributed by atoms with Crippen LogP contribution in [0.5, 0.6) is 11.5 Å². The summed E-state index contributed by atoms with van der Waals surface area (Å²) in [5, 5.41) is 5.65. The Balaban J connectivity index is 1.48. The third kappa shape index (κ3) is 4.21. The molecule has 0 bridgehead atoms. The van der Waals surface area contributed by atoms with Crippen LogP contribution in [-0.4, -0.2) is 18.6 Å². The lowest BCUT2D eigenvalue weighted by atomic mass is 9.89. The van der Waals surface area contributed by atoms with Crippen LogP contribution in [0, 0.1) is 0 Å². The number of benzene rings is 3. The van der Waals surface area contributed by atoms with Crippen molar-refractivity contribution in [1.82, 2.24) is 5.32 Å². The average molecular weight is 389 g/mol. The van der Waals surface area contributed by atoms with Crippen molar-refractivity contribution in [1.29, 1.82) is 0 Å². The quantitative estimate of drug-likeness (QED) is 0.652. The molecule has 3 aromatic rings. The Labute approximate surface area is 171 Å². The minimum atomic E-state index is -0.354. The van der Waals surface area contributed by atoms with Gasteiger partial charge in [-0.15, -0.1) is 0 Å². The second-order valence-corrected chi connectivity index (χ2v) is 8.23. The van der Waals surface area contributed by atoms with E-state index in [2.05, 4.69) is 35.6 Å². The molecule has 1 heterocycles. The molecule has 1 unspecified atom stereocenters. The largest absolute Gasteiger partial charge is 0.497 e. The van der Waals surface area contributed by atoms with Gasteiger partial charge in [-0.05, 0) is 48.7 Å². The average Bonchev–Trinajstić information content (AvgIpc) is 2.70. The standard InChI is InChI=1S/C25H27NO3/c1-25(2)16-22(21-13-12-19(28-3)15-23(21)29-25)26-24(27)14-11-18-9-6-8-17-7-4-5-10-20(17)18/h4-10,12-13,15,22H,11,14,16H2,1-3H3,(H,26,27). The van der Waals surface area contributed by atoms with E-state index >= 15 is 0 Å². The molecule has 0 saturated heterocycles. The summed E-state index contributed by atoms with van der Waals surface area (Å²) in [6, 6.07) is 20.3. The van der Waals surface area contributed by atoms with E-state index in [1.165, 1.54) is 16.3 Å². The molecular weight excluding hydrogens is 362 g/mol. The molecule has 1 N–H and O–H groups in total. The first kappa shape index (κ1) is 19.3. The SMILES string of the molecule is COc1ccc2c(c1)OC(C)(C)CC2NC(=O)CCc1cccc2ccccc12. The number of carbonyl (C=O) groups excluding carboxylic acids is 1. The number of aryl methyl sites for hydroxylation is 1. The normalized spacial score (nSPS) is 17.3. The van der Waals surface area contributed by atoms with E-state index in [-0.39, 0.29) is 17.6 Å². The molecule has 0 radical (unpaired) electrons. The number of nitrogens with one attached hydrogen (secondary N) is 1. The van der Waals surface area contributed by atoms with Crippen molar-refractivity contribution in [3.05, 3.63) is 71.8 Å². The summed E-state index contributed by atoms with van der Waals surface area (Å²) >= 11 is 0. The smallest absolute Gasteiger partial charge is 0.220 e. The van der Waals surface area contributed by atoms with E-state index in [1.807, 2.05) is 44.2 Å². The predicted octanol–water partition coefficient (Wildman–Crippen LogP) is 5.20. The van der Waals surface area contributed by atoms with Gasteiger partial charge in [-0.1, -0.05) is 42.5 Å². The monoisotopic (exact) mass is 389 g/mol. The van der Waals surface area contributed by atoms with Crippen LogP contribution >= 0.6 is 0 Å². The van der Waals surface area contributed by atoms with Gasteiger partial charge in [-0.25, -0.2) is 0 Å². The molecule has 1 aliphatic rings. The van der Waals surface area contributed by atoms with Crippen LogP contribution in [0.1, 0.15) is 43.9 Å². The number of amides is 1. The van der Waals surface area contributed by atoms with Gasteiger partial charge in [-0.2, -0.15) is 0 Å². The molecule has 0 aromatic heterocycles. The highest BCUT2D eigenvalue weighted by molar-refractivity contribution is 5.86. The summed E-state index contributed by atoms with van der Waals surface area (Å²) in [5.74, 6) is 1.59. The highest BCUT2D eigenvalue weighted by Crippen LogP contribution is 2.41. The molecule has 0 spiro atoms. The van der Waals surface area contributed by atoms with Gasteiger partial charge >= 0.3 is 0 Å². The van der Waals surface area contributed by atoms with Crippen LogP contribution < -0.4 is 14.8 Å². The summed E-state index contributed by atoms with van der Waals surface area (Å²) in [5.41, 5.74) is 1.85. The van der Waals surface area contributed by atoms with Crippen LogP contribution in [0.4, 0.5) is 0 Å². The van der Waals surface area contributed by atoms with Gasteiger partial charge in [-0.3, -0.25) is 4.79 Å². The Bertz CT molecular complexity index is 1040. The van der Waals surface area contributed by atoms with Crippen molar-refractivity contribution < 1.29 is 14.3 Å². The topological polar surface area (TPSA) is 47.6 Å². The molecule has 1 amide bonds. The lowest BCUT2D eigenvalue weighted by Gasteiger charge is -2.38. The maximum absolute atomic E-state index is 12.8. The first-order valence-electron chi connectivity index (χ1n) is 10.1. The summed E-state index contributed by atoms with van der Waals surface area (Å²) < 4.78 is 11.4. The first-order valence-corrected chi connectivity index (χ1v) is 10.1. The molecule has 3 aromatic carbocycles. The number of ether oxygens (including phenoxy) is 2. The molecule has 4 heteroatoms. The van der Waals surface area contributed by atoms with E-state index < -0.39 is 0 Å². The zero-order valence-corrected chi connectivity index (χ0v) is 17.2. The van der Waals surface area contributed by atoms with Gasteiger partial charge in [0.15, 0.2) is 0 Å². The second kappa shape index (κ2) is 7.78. The number of fused-ring (bicyclic) bond motifs is 2. The molecule has 150 valence electrons. The summed E-state index contributed by atoms with van der Waals surface area (Å²) in [6.45, 7) is 4.09. The fraction of sp³-hybridized carbons (Fsp3) is 0.320. The van der Waals surface area contributed by atoms with E-state index in [4.69, 9.17) is 9.47 Å². The second-order valence-electron chi connectivity index (χ2n) is 8.23. The summed E-state index contributed by atoms with van der Waals surface area (Å²) in [4.78, 5) is 12.8. The number of rotatable bonds is 5. The van der Waals surface area contributed by atoms with Gasteiger partial charge in [0.1, 0.15) is 17.1 Å². The van der Waals surface area contributed by atoms with Crippen molar-refractivity contribution in [3.8, 4) is 11.5 Å². The zero-order chi connectivity index (χ0) is 20.4. The number of carbonyl (C=O) groups is 1. The molecule has 0 saturated carbocycles. The van der Waals surface area contributed by atoms with Crippen LogP contribution in [0.25, 0.3) is 10.8 Å². The predicted molar refractivity (Wildman–Crippen MR) is 115 cm³/mol. The van der Waals surface area contributed by atoms with E-state index in [0.717, 1.165) is 29.9 Å². The van der Waals surface area contributed by atoms with Crippen LogP contribution in [0.2, 0.25) is 0 Å². The van der Waals surface area contributed by atoms with Crippen LogP contribution in [0.15, 0.2) is 60.7 Å². The van der Waals surface area contributed by atoms with E-state index in [0.29, 0.717) is 6.42 Å². The van der Waals surface area contributed by atoms with Crippen molar-refractivity contribution in [2.24, 2.45) is 0 Å². The van der Waals surface area contributed by atoms with Crippen molar-refractivity contribution >= 4 is 16.7 Å². The molecule has 0 aliphatic carbocycles. The summed E-state index contributed by atoms with van der Waals surface area (Å²) in [7, 11) is 1.64. The number of hydrogen-bond donors (Lipinski definition) is 1. The minimum Gasteiger partial charge on any atom is -0.497 e. The van der Waals surface area contributed by atoms with Crippen molar-refractivity contribution in [2.75, 3.05) is 7.11 Å². The highest BCUT2D eigenvalue weighted by Gasteiger charge is 2.34. The maximum atomic E-state index is 12.8. The van der Waals surface area contributed by atoms with Crippen LogP contribution in [0.3, 0.4) is 0 Å². The van der Waals surface area contributed by atoms with Gasteiger partial charge in [0.05, 0.1) is 13.2 Å². The molecule has 29 heavy (non-hydrogen) atoms. The van der Waals surface area contributed by atoms with Gasteiger partial charge < -0.3 is 14.8 Å². The highest BCUT2D eigenvalue weighted by atomic mass is 16.5. The molecular formula is C25H27NO3. The third-order valence-electron chi connectivity index (χ3n) is 5.51. The van der Waals surface area contributed by atoms with Crippen molar-refractivity contribution in [2.45, 2.75) is 44.8 Å². The first-order chi connectivity index (χ1) is 13.9.